The number of hydrogen-bond acceptors (Lipinski definition) is 1. The number of para-hydroxylation sites is 1. The first-order chi connectivity index (χ1) is 13.2. The van der Waals surface area contributed by atoms with Gasteiger partial charge >= 0.3 is 0 Å². The number of aromatic nitrogens is 1. The molecule has 0 radical (unpaired) electrons. The molecule has 0 saturated heterocycles. The minimum Gasteiger partial charge on any atom is -0.309 e. The molecule has 4 rings (SSSR count). The smallest absolute Gasteiger partial charge is 0.150 e. The van der Waals surface area contributed by atoms with Crippen molar-refractivity contribution < 1.29 is 4.79 Å². The highest BCUT2D eigenvalue weighted by Gasteiger charge is 2.15. The van der Waals surface area contributed by atoms with Gasteiger partial charge in [-0.1, -0.05) is 64.5 Å². The lowest BCUT2D eigenvalue weighted by Crippen LogP contribution is -2.01. The van der Waals surface area contributed by atoms with Crippen LogP contribution in [0.15, 0.2) is 89.4 Å². The lowest BCUT2D eigenvalue weighted by molar-refractivity contribution is 0.112. The molecule has 3 heteroatoms. The van der Waals surface area contributed by atoms with Crippen molar-refractivity contribution in [3.63, 3.8) is 0 Å². The quantitative estimate of drug-likeness (QED) is 0.340. The maximum atomic E-state index is 11.2. The number of halogens is 1. The van der Waals surface area contributed by atoms with E-state index < -0.39 is 0 Å². The Labute approximate surface area is 167 Å². The van der Waals surface area contributed by atoms with Gasteiger partial charge < -0.3 is 4.57 Å². The van der Waals surface area contributed by atoms with E-state index in [0.717, 1.165) is 39.0 Å². The first-order valence-electron chi connectivity index (χ1n) is 8.76. The van der Waals surface area contributed by atoms with Gasteiger partial charge in [-0.05, 0) is 60.0 Å². The molecular weight excluding hydrogens is 398 g/mol. The molecule has 1 heterocycles. The van der Waals surface area contributed by atoms with Crippen LogP contribution in [0, 0.1) is 6.92 Å². The van der Waals surface area contributed by atoms with Crippen LogP contribution in [0.5, 0.6) is 0 Å². The summed E-state index contributed by atoms with van der Waals surface area (Å²) in [5.41, 5.74) is 7.33. The zero-order chi connectivity index (χ0) is 18.8. The highest BCUT2D eigenvalue weighted by Crippen LogP contribution is 2.34. The van der Waals surface area contributed by atoms with Crippen LogP contribution in [-0.4, -0.2) is 10.9 Å². The largest absolute Gasteiger partial charge is 0.309 e. The van der Waals surface area contributed by atoms with E-state index in [4.69, 9.17) is 0 Å². The van der Waals surface area contributed by atoms with E-state index in [2.05, 4.69) is 82.0 Å². The van der Waals surface area contributed by atoms with Gasteiger partial charge in [-0.3, -0.25) is 4.79 Å². The van der Waals surface area contributed by atoms with Gasteiger partial charge in [0.1, 0.15) is 6.29 Å². The molecule has 0 N–H and O–H groups in total. The number of aldehydes is 1. The first-order valence-corrected chi connectivity index (χ1v) is 9.56. The van der Waals surface area contributed by atoms with E-state index in [1.165, 1.54) is 5.56 Å². The van der Waals surface area contributed by atoms with Crippen molar-refractivity contribution in [3.8, 4) is 28.2 Å². The fraction of sp³-hybridized carbons (Fsp3) is 0.0417. The van der Waals surface area contributed by atoms with Crippen LogP contribution < -0.4 is 0 Å². The van der Waals surface area contributed by atoms with Gasteiger partial charge in [-0.15, -0.1) is 0 Å². The van der Waals surface area contributed by atoms with E-state index >= 15 is 0 Å². The molecule has 1 aromatic heterocycles. The minimum absolute atomic E-state index is 0.676. The van der Waals surface area contributed by atoms with Gasteiger partial charge in [-0.2, -0.15) is 0 Å². The Morgan fingerprint density at radius 1 is 0.778 bits per heavy atom. The van der Waals surface area contributed by atoms with E-state index in [-0.39, 0.29) is 0 Å². The molecule has 0 aliphatic carbocycles. The normalized spacial score (nSPS) is 10.7. The fourth-order valence-corrected chi connectivity index (χ4v) is 3.62. The van der Waals surface area contributed by atoms with Gasteiger partial charge in [0.2, 0.25) is 0 Å². The molecule has 0 fully saturated rings. The monoisotopic (exact) mass is 415 g/mol. The molecule has 27 heavy (non-hydrogen) atoms. The van der Waals surface area contributed by atoms with E-state index in [0.29, 0.717) is 5.56 Å². The molecule has 0 aliphatic heterocycles. The van der Waals surface area contributed by atoms with E-state index in [1.807, 2.05) is 30.3 Å². The van der Waals surface area contributed by atoms with Crippen molar-refractivity contribution >= 4 is 22.2 Å². The molecule has 3 aromatic carbocycles. The van der Waals surface area contributed by atoms with Crippen molar-refractivity contribution in [2.45, 2.75) is 6.92 Å². The van der Waals surface area contributed by atoms with Crippen molar-refractivity contribution in [2.75, 3.05) is 0 Å². The van der Waals surface area contributed by atoms with E-state index in [1.54, 1.807) is 0 Å². The Balaban J connectivity index is 1.99. The lowest BCUT2D eigenvalue weighted by atomic mass is 10.1. The Morgan fingerprint density at radius 2 is 1.48 bits per heavy atom. The van der Waals surface area contributed by atoms with Crippen LogP contribution in [0.2, 0.25) is 0 Å². The van der Waals surface area contributed by atoms with Gasteiger partial charge in [0.25, 0.3) is 0 Å². The molecule has 0 saturated carbocycles. The average Bonchev–Trinajstić information content (AvgIpc) is 3.14. The Hall–Kier alpha value is -2.91. The van der Waals surface area contributed by atoms with Crippen LogP contribution in [0.3, 0.4) is 0 Å². The van der Waals surface area contributed by atoms with Crippen molar-refractivity contribution in [1.29, 1.82) is 0 Å². The standard InChI is InChI=1S/C24H18BrNO/c1-17-5-2-3-8-22(17)26-23(19-9-11-21(25)12-10-19)13-14-24(26)20-7-4-6-18(15-20)16-27/h2-16H,1H3. The van der Waals surface area contributed by atoms with Gasteiger partial charge in [-0.25, -0.2) is 0 Å². The van der Waals surface area contributed by atoms with Crippen molar-refractivity contribution in [2.24, 2.45) is 0 Å². The summed E-state index contributed by atoms with van der Waals surface area (Å²) in [4.78, 5) is 11.2. The fourth-order valence-electron chi connectivity index (χ4n) is 3.35. The van der Waals surface area contributed by atoms with E-state index in [9.17, 15) is 4.79 Å². The molecular formula is C24H18BrNO. The maximum absolute atomic E-state index is 11.2. The molecule has 2 nitrogen and oxygen atoms in total. The topological polar surface area (TPSA) is 22.0 Å². The SMILES string of the molecule is Cc1ccccc1-n1c(-c2ccc(Br)cc2)ccc1-c1cccc(C=O)c1. The molecule has 0 amide bonds. The number of aryl methyl sites for hydroxylation is 1. The zero-order valence-electron chi connectivity index (χ0n) is 14.9. The summed E-state index contributed by atoms with van der Waals surface area (Å²) in [6, 6.07) is 28.7. The van der Waals surface area contributed by atoms with Gasteiger partial charge in [0.15, 0.2) is 0 Å². The second-order valence-electron chi connectivity index (χ2n) is 6.48. The molecule has 0 atom stereocenters. The molecule has 132 valence electrons. The number of nitrogens with zero attached hydrogens (tertiary/aromatic N) is 1. The summed E-state index contributed by atoms with van der Waals surface area (Å²) < 4.78 is 3.32. The number of carbonyl (C=O) groups excluding carboxylic acids is 1. The molecule has 0 aliphatic rings. The summed E-state index contributed by atoms with van der Waals surface area (Å²) in [5.74, 6) is 0. The van der Waals surface area contributed by atoms with Crippen LogP contribution >= 0.6 is 15.9 Å². The average molecular weight is 416 g/mol. The van der Waals surface area contributed by atoms with Crippen LogP contribution in [0.4, 0.5) is 0 Å². The van der Waals surface area contributed by atoms with Crippen LogP contribution in [0.1, 0.15) is 15.9 Å². The summed E-state index contributed by atoms with van der Waals surface area (Å²) >= 11 is 3.51. The third-order valence-corrected chi connectivity index (χ3v) is 5.22. The zero-order valence-corrected chi connectivity index (χ0v) is 16.5. The number of benzene rings is 3. The highest BCUT2D eigenvalue weighted by molar-refractivity contribution is 9.10. The van der Waals surface area contributed by atoms with Gasteiger partial charge in [0, 0.05) is 15.7 Å². The second kappa shape index (κ2) is 7.37. The Morgan fingerprint density at radius 3 is 2.19 bits per heavy atom. The summed E-state index contributed by atoms with van der Waals surface area (Å²) in [6.07, 6.45) is 0.889. The predicted octanol–water partition coefficient (Wildman–Crippen LogP) is 6.69. The number of rotatable bonds is 4. The summed E-state index contributed by atoms with van der Waals surface area (Å²) in [5, 5.41) is 0. The number of hydrogen-bond donors (Lipinski definition) is 0. The maximum Gasteiger partial charge on any atom is 0.150 e. The molecule has 0 unspecified atom stereocenters. The highest BCUT2D eigenvalue weighted by atomic mass is 79.9. The summed E-state index contributed by atoms with van der Waals surface area (Å²) in [6.45, 7) is 2.12. The Kier molecular flexibility index (Phi) is 4.78. The third-order valence-electron chi connectivity index (χ3n) is 4.70. The molecule has 0 bridgehead atoms. The van der Waals surface area contributed by atoms with Crippen LogP contribution in [0.25, 0.3) is 28.2 Å². The van der Waals surface area contributed by atoms with Crippen molar-refractivity contribution in [1.82, 2.24) is 4.57 Å². The lowest BCUT2D eigenvalue weighted by Gasteiger charge is -2.17. The molecule has 4 aromatic rings. The summed E-state index contributed by atoms with van der Waals surface area (Å²) in [7, 11) is 0. The van der Waals surface area contributed by atoms with Gasteiger partial charge in [0.05, 0.1) is 11.4 Å². The third kappa shape index (κ3) is 3.38. The Bertz CT molecular complexity index is 1110. The first kappa shape index (κ1) is 17.5. The van der Waals surface area contributed by atoms with Crippen molar-refractivity contribution in [3.05, 3.63) is 101 Å². The number of carbonyl (C=O) groups is 1. The minimum atomic E-state index is 0.676. The molecule has 0 spiro atoms. The second-order valence-corrected chi connectivity index (χ2v) is 7.39. The van der Waals surface area contributed by atoms with Crippen LogP contribution in [-0.2, 0) is 0 Å². The predicted molar refractivity (Wildman–Crippen MR) is 114 cm³/mol.